The van der Waals surface area contributed by atoms with E-state index in [0.717, 1.165) is 13.1 Å². The highest BCUT2D eigenvalue weighted by molar-refractivity contribution is 7.96. The van der Waals surface area contributed by atoms with Gasteiger partial charge in [-0.1, -0.05) is 11.9 Å². The number of nitrogens with one attached hydrogen (secondary N) is 1. The van der Waals surface area contributed by atoms with Crippen molar-refractivity contribution in [2.24, 2.45) is 0 Å². The monoisotopic (exact) mass is 442 g/mol. The zero-order chi connectivity index (χ0) is 21.6. The normalized spacial score (nSPS) is 15.9. The van der Waals surface area contributed by atoms with Crippen LogP contribution in [0, 0.1) is 18.6 Å². The number of hydrogen-bond acceptors (Lipinski definition) is 4. The average Bonchev–Trinajstić information content (AvgIpc) is 3.11. The summed E-state index contributed by atoms with van der Waals surface area (Å²) >= 11 is 1.65. The second-order valence-corrected chi connectivity index (χ2v) is 8.05. The van der Waals surface area contributed by atoms with Crippen LogP contribution in [0.2, 0.25) is 0 Å². The van der Waals surface area contributed by atoms with Crippen LogP contribution in [0.25, 0.3) is 22.2 Å². The number of fused-ring (bicyclic) bond motifs is 1. The Hall–Kier alpha value is -2.33. The van der Waals surface area contributed by atoms with Gasteiger partial charge in [0.25, 0.3) is 0 Å². The first kappa shape index (κ1) is 20.9. The quantitative estimate of drug-likeness (QED) is 0.445. The van der Waals surface area contributed by atoms with E-state index in [1.807, 2.05) is 11.2 Å². The predicted octanol–water partition coefficient (Wildman–Crippen LogP) is 5.24. The van der Waals surface area contributed by atoms with Crippen LogP contribution in [0.15, 0.2) is 24.3 Å². The Morgan fingerprint density at radius 3 is 2.37 bits per heavy atom. The van der Waals surface area contributed by atoms with E-state index in [-0.39, 0.29) is 16.8 Å². The molecule has 4 nitrogen and oxygen atoms in total. The summed E-state index contributed by atoms with van der Waals surface area (Å²) < 4.78 is 70.7. The number of anilines is 1. The Balaban J connectivity index is 1.75. The van der Waals surface area contributed by atoms with E-state index in [1.54, 1.807) is 18.0 Å². The molecule has 10 heteroatoms. The second-order valence-electron chi connectivity index (χ2n) is 7.17. The molecule has 30 heavy (non-hydrogen) atoms. The minimum Gasteiger partial charge on any atom is -0.366 e. The maximum absolute atomic E-state index is 14.9. The molecule has 1 aliphatic rings. The van der Waals surface area contributed by atoms with Crippen LogP contribution in [0.4, 0.5) is 27.6 Å². The van der Waals surface area contributed by atoms with Crippen molar-refractivity contribution in [3.8, 4) is 11.3 Å². The van der Waals surface area contributed by atoms with Crippen LogP contribution in [0.1, 0.15) is 11.1 Å². The molecule has 0 amide bonds. The lowest BCUT2D eigenvalue weighted by molar-refractivity contribution is -0.140. The third-order valence-electron chi connectivity index (χ3n) is 5.30. The van der Waals surface area contributed by atoms with Gasteiger partial charge in [-0.25, -0.2) is 13.1 Å². The Morgan fingerprint density at radius 1 is 1.03 bits per heavy atom. The van der Waals surface area contributed by atoms with Crippen molar-refractivity contribution < 1.29 is 22.0 Å². The molecule has 0 saturated carbocycles. The molecule has 1 aliphatic heterocycles. The molecule has 0 unspecified atom stereocenters. The lowest BCUT2D eigenvalue weighted by Crippen LogP contribution is -2.43. The van der Waals surface area contributed by atoms with Crippen LogP contribution in [0.3, 0.4) is 0 Å². The SMILES string of the molecule is CSN1CCN(c2cc3[nH]nc(-c4cc(C)c(F)c(C(F)(F)F)c4)c3cc2F)CC1. The van der Waals surface area contributed by atoms with Gasteiger partial charge >= 0.3 is 6.18 Å². The van der Waals surface area contributed by atoms with E-state index in [4.69, 9.17) is 0 Å². The van der Waals surface area contributed by atoms with Crippen LogP contribution < -0.4 is 4.90 Å². The molecule has 3 aromatic rings. The molecule has 1 fully saturated rings. The van der Waals surface area contributed by atoms with E-state index >= 15 is 0 Å². The van der Waals surface area contributed by atoms with Crippen molar-refractivity contribution >= 4 is 28.5 Å². The van der Waals surface area contributed by atoms with Gasteiger partial charge in [0.1, 0.15) is 17.3 Å². The number of alkyl halides is 3. The topological polar surface area (TPSA) is 35.2 Å². The van der Waals surface area contributed by atoms with Crippen LogP contribution in [-0.4, -0.2) is 46.9 Å². The summed E-state index contributed by atoms with van der Waals surface area (Å²) in [6.45, 7) is 4.17. The molecule has 0 bridgehead atoms. The van der Waals surface area contributed by atoms with Gasteiger partial charge in [-0.2, -0.15) is 18.3 Å². The summed E-state index contributed by atoms with van der Waals surface area (Å²) in [6.07, 6.45) is -2.84. The molecule has 1 aromatic heterocycles. The first-order valence-corrected chi connectivity index (χ1v) is 10.5. The molecule has 2 aromatic carbocycles. The lowest BCUT2D eigenvalue weighted by Gasteiger charge is -2.34. The third-order valence-corrected chi connectivity index (χ3v) is 6.18. The van der Waals surface area contributed by atoms with E-state index < -0.39 is 23.4 Å². The van der Waals surface area contributed by atoms with Crippen molar-refractivity contribution in [1.29, 1.82) is 0 Å². The molecular formula is C20H19F5N4S. The van der Waals surface area contributed by atoms with Crippen molar-refractivity contribution in [2.45, 2.75) is 13.1 Å². The Bertz CT molecular complexity index is 1090. The first-order chi connectivity index (χ1) is 14.2. The van der Waals surface area contributed by atoms with E-state index in [9.17, 15) is 22.0 Å². The molecule has 160 valence electrons. The molecule has 4 rings (SSSR count). The number of aryl methyl sites for hydroxylation is 1. The Kier molecular flexibility index (Phi) is 5.39. The number of aromatic nitrogens is 2. The van der Waals surface area contributed by atoms with E-state index in [0.29, 0.717) is 35.7 Å². The number of H-pyrrole nitrogens is 1. The second kappa shape index (κ2) is 7.73. The number of rotatable bonds is 3. The van der Waals surface area contributed by atoms with Gasteiger partial charge in [0.15, 0.2) is 0 Å². The summed E-state index contributed by atoms with van der Waals surface area (Å²) in [4.78, 5) is 1.94. The molecule has 1 N–H and O–H groups in total. The maximum Gasteiger partial charge on any atom is 0.419 e. The molecule has 1 saturated heterocycles. The van der Waals surface area contributed by atoms with Gasteiger partial charge in [0.05, 0.1) is 16.8 Å². The highest BCUT2D eigenvalue weighted by atomic mass is 32.2. The fourth-order valence-electron chi connectivity index (χ4n) is 3.71. The van der Waals surface area contributed by atoms with Gasteiger partial charge in [-0.05, 0) is 43.0 Å². The van der Waals surface area contributed by atoms with Crippen molar-refractivity contribution in [2.75, 3.05) is 37.3 Å². The largest absolute Gasteiger partial charge is 0.419 e. The Morgan fingerprint density at radius 2 is 1.73 bits per heavy atom. The number of nitrogens with zero attached hydrogens (tertiary/aromatic N) is 3. The van der Waals surface area contributed by atoms with Gasteiger partial charge in [-0.3, -0.25) is 5.10 Å². The van der Waals surface area contributed by atoms with Gasteiger partial charge in [0, 0.05) is 37.1 Å². The number of hydrogen-bond donors (Lipinski definition) is 1. The molecule has 0 spiro atoms. The molecule has 0 radical (unpaired) electrons. The van der Waals surface area contributed by atoms with Crippen LogP contribution in [0.5, 0.6) is 0 Å². The Labute approximate surface area is 174 Å². The number of benzene rings is 2. The highest BCUT2D eigenvalue weighted by Crippen LogP contribution is 2.38. The standard InChI is InChI=1S/C20H19F5N4S/c1-11-7-12(8-14(18(11)22)20(23,24)25)19-13-9-15(21)17(10-16(13)26-27-19)28-3-5-29(30-2)6-4-28/h7-10H,3-6H2,1-2H3,(H,26,27). The number of halogens is 5. The number of aromatic amines is 1. The lowest BCUT2D eigenvalue weighted by atomic mass is 10.0. The van der Waals surface area contributed by atoms with E-state index in [2.05, 4.69) is 14.5 Å². The van der Waals surface area contributed by atoms with Crippen LogP contribution in [-0.2, 0) is 6.18 Å². The third kappa shape index (κ3) is 3.74. The summed E-state index contributed by atoms with van der Waals surface area (Å²) in [5.41, 5.74) is -0.365. The van der Waals surface area contributed by atoms with Gasteiger partial charge < -0.3 is 4.90 Å². The van der Waals surface area contributed by atoms with E-state index in [1.165, 1.54) is 19.1 Å². The van der Waals surface area contributed by atoms with Crippen molar-refractivity contribution in [3.05, 3.63) is 47.0 Å². The zero-order valence-corrected chi connectivity index (χ0v) is 17.1. The first-order valence-electron chi connectivity index (χ1n) is 9.28. The molecule has 0 aliphatic carbocycles. The smallest absolute Gasteiger partial charge is 0.366 e. The summed E-state index contributed by atoms with van der Waals surface area (Å²) in [5.74, 6) is -1.79. The highest BCUT2D eigenvalue weighted by Gasteiger charge is 2.35. The van der Waals surface area contributed by atoms with Crippen molar-refractivity contribution in [3.63, 3.8) is 0 Å². The molecule has 0 atom stereocenters. The van der Waals surface area contributed by atoms with Gasteiger partial charge in [0.2, 0.25) is 0 Å². The summed E-state index contributed by atoms with van der Waals surface area (Å²) in [6, 6.07) is 4.90. The average molecular weight is 442 g/mol. The zero-order valence-electron chi connectivity index (χ0n) is 16.3. The van der Waals surface area contributed by atoms with Crippen LogP contribution >= 0.6 is 11.9 Å². The fraction of sp³-hybridized carbons (Fsp3) is 0.350. The van der Waals surface area contributed by atoms with Gasteiger partial charge in [-0.15, -0.1) is 0 Å². The number of piperazine rings is 1. The van der Waals surface area contributed by atoms with Crippen molar-refractivity contribution in [1.82, 2.24) is 14.5 Å². The summed E-state index contributed by atoms with van der Waals surface area (Å²) in [7, 11) is 0. The predicted molar refractivity (Wildman–Crippen MR) is 108 cm³/mol. The summed E-state index contributed by atoms with van der Waals surface area (Å²) in [5, 5.41) is 7.22. The minimum absolute atomic E-state index is 0.0770. The molecular weight excluding hydrogens is 423 g/mol. The maximum atomic E-state index is 14.9. The fourth-order valence-corrected chi connectivity index (χ4v) is 4.24. The molecule has 2 heterocycles. The minimum atomic E-state index is -4.84.